The molecule has 10 heteroatoms. The van der Waals surface area contributed by atoms with Crippen LogP contribution in [-0.4, -0.2) is 27.1 Å². The van der Waals surface area contributed by atoms with Gasteiger partial charge in [0.1, 0.15) is 5.25 Å². The summed E-state index contributed by atoms with van der Waals surface area (Å²) in [6.07, 6.45) is 0.273. The molecule has 0 spiro atoms. The number of sulfonamides is 2. The largest absolute Gasteiger partial charge is 0.392 e. The van der Waals surface area contributed by atoms with Crippen molar-refractivity contribution >= 4 is 37.3 Å². The van der Waals surface area contributed by atoms with E-state index < -0.39 is 25.3 Å². The summed E-state index contributed by atoms with van der Waals surface area (Å²) in [7, 11) is -7.43. The van der Waals surface area contributed by atoms with E-state index in [4.69, 9.17) is 23.1 Å². The average Bonchev–Trinajstić information content (AvgIpc) is 2.36. The van der Waals surface area contributed by atoms with E-state index in [1.165, 1.54) is 24.3 Å². The number of rotatable bonds is 7. The van der Waals surface area contributed by atoms with Gasteiger partial charge in [-0.25, -0.2) is 26.7 Å². The second kappa shape index (κ2) is 6.79. The number of thiocarbonyl (C=S) groups is 1. The van der Waals surface area contributed by atoms with Crippen molar-refractivity contribution in [2.24, 2.45) is 10.9 Å². The van der Waals surface area contributed by atoms with Gasteiger partial charge in [-0.3, -0.25) is 0 Å². The van der Waals surface area contributed by atoms with E-state index in [0.717, 1.165) is 0 Å². The first-order valence-corrected chi connectivity index (χ1v) is 9.47. The van der Waals surface area contributed by atoms with Gasteiger partial charge in [0.2, 0.25) is 20.0 Å². The number of hydrogen-bond acceptors (Lipinski definition) is 5. The summed E-state index contributed by atoms with van der Waals surface area (Å²) in [5.41, 5.74) is 5.99. The van der Waals surface area contributed by atoms with Crippen LogP contribution >= 0.6 is 12.2 Å². The van der Waals surface area contributed by atoms with Gasteiger partial charge in [-0.05, 0) is 24.1 Å². The van der Waals surface area contributed by atoms with E-state index in [9.17, 15) is 16.8 Å². The molecule has 1 rings (SSSR count). The lowest BCUT2D eigenvalue weighted by molar-refractivity contribution is 0.574. The lowest BCUT2D eigenvalue weighted by atomic mass is 10.2. The van der Waals surface area contributed by atoms with E-state index in [0.29, 0.717) is 5.56 Å². The Morgan fingerprint density at radius 2 is 1.76 bits per heavy atom. The highest BCUT2D eigenvalue weighted by Gasteiger charge is 2.25. The number of benzene rings is 1. The van der Waals surface area contributed by atoms with Crippen molar-refractivity contribution in [2.75, 3.05) is 0 Å². The molecule has 0 saturated heterocycles. The zero-order valence-electron chi connectivity index (χ0n) is 11.3. The minimum Gasteiger partial charge on any atom is -0.392 e. The standard InChI is InChI=1S/C11H17N3O4S3/c1-2-10(11(12)19)21(17,18)14-7-8-3-5-9(6-4-8)20(13,15)16/h3-6,10,14H,2,7H2,1H3,(H2,12,19)(H2,13,15,16). The van der Waals surface area contributed by atoms with Crippen molar-refractivity contribution in [3.8, 4) is 0 Å². The fraction of sp³-hybridized carbons (Fsp3) is 0.364. The highest BCUT2D eigenvalue weighted by Crippen LogP contribution is 2.10. The maximum atomic E-state index is 12.0. The van der Waals surface area contributed by atoms with Crippen LogP contribution in [0.3, 0.4) is 0 Å². The van der Waals surface area contributed by atoms with E-state index in [1.807, 2.05) is 0 Å². The van der Waals surface area contributed by atoms with E-state index >= 15 is 0 Å². The van der Waals surface area contributed by atoms with Gasteiger partial charge >= 0.3 is 0 Å². The smallest absolute Gasteiger partial charge is 0.238 e. The molecule has 0 aliphatic carbocycles. The lowest BCUT2D eigenvalue weighted by Gasteiger charge is -2.15. The van der Waals surface area contributed by atoms with Crippen molar-refractivity contribution in [2.45, 2.75) is 30.0 Å². The summed E-state index contributed by atoms with van der Waals surface area (Å²) in [6, 6.07) is 5.57. The predicted molar refractivity (Wildman–Crippen MR) is 84.4 cm³/mol. The van der Waals surface area contributed by atoms with Crippen LogP contribution in [0.4, 0.5) is 0 Å². The molecule has 0 saturated carbocycles. The third-order valence-electron chi connectivity index (χ3n) is 2.79. The topological polar surface area (TPSA) is 132 Å². The number of hydrogen-bond donors (Lipinski definition) is 3. The Morgan fingerprint density at radius 1 is 1.24 bits per heavy atom. The van der Waals surface area contributed by atoms with Gasteiger partial charge in [-0.1, -0.05) is 31.3 Å². The monoisotopic (exact) mass is 351 g/mol. The molecule has 0 radical (unpaired) electrons. The predicted octanol–water partition coefficient (Wildman–Crippen LogP) is -0.182. The molecule has 0 aliphatic heterocycles. The Morgan fingerprint density at radius 3 is 2.14 bits per heavy atom. The van der Waals surface area contributed by atoms with Crippen molar-refractivity contribution in [1.82, 2.24) is 4.72 Å². The lowest BCUT2D eigenvalue weighted by Crippen LogP contribution is -2.41. The second-order valence-electron chi connectivity index (χ2n) is 4.35. The minimum atomic E-state index is -3.76. The average molecular weight is 351 g/mol. The van der Waals surface area contributed by atoms with Crippen molar-refractivity contribution < 1.29 is 16.8 Å². The van der Waals surface area contributed by atoms with Gasteiger partial charge in [-0.2, -0.15) is 0 Å². The van der Waals surface area contributed by atoms with Crippen LogP contribution in [-0.2, 0) is 26.6 Å². The van der Waals surface area contributed by atoms with Crippen LogP contribution in [0.25, 0.3) is 0 Å². The SMILES string of the molecule is CCC(C(N)=S)S(=O)(=O)NCc1ccc(S(N)(=O)=O)cc1. The Hall–Kier alpha value is -1.07. The van der Waals surface area contributed by atoms with Crippen molar-refractivity contribution in [3.05, 3.63) is 29.8 Å². The first kappa shape index (κ1) is 18.0. The number of primary sulfonamides is 1. The molecule has 1 aromatic rings. The van der Waals surface area contributed by atoms with Crippen LogP contribution in [0.2, 0.25) is 0 Å². The fourth-order valence-corrected chi connectivity index (χ4v) is 4.03. The molecule has 0 aliphatic rings. The Balaban J connectivity index is 2.82. The molecule has 0 fully saturated rings. The van der Waals surface area contributed by atoms with Gasteiger partial charge in [0.15, 0.2) is 0 Å². The molecule has 0 amide bonds. The first-order valence-electron chi connectivity index (χ1n) is 5.97. The van der Waals surface area contributed by atoms with Crippen LogP contribution in [0, 0.1) is 0 Å². The molecule has 0 aromatic heterocycles. The highest BCUT2D eigenvalue weighted by atomic mass is 32.2. The van der Waals surface area contributed by atoms with Crippen LogP contribution in [0.5, 0.6) is 0 Å². The highest BCUT2D eigenvalue weighted by molar-refractivity contribution is 7.93. The van der Waals surface area contributed by atoms with E-state index in [2.05, 4.69) is 4.72 Å². The molecule has 7 nitrogen and oxygen atoms in total. The summed E-state index contributed by atoms with van der Waals surface area (Å²) < 4.78 is 48.6. The second-order valence-corrected chi connectivity index (χ2v) is 8.33. The zero-order valence-corrected chi connectivity index (χ0v) is 13.8. The Labute approximate surface area is 129 Å². The zero-order chi connectivity index (χ0) is 16.3. The van der Waals surface area contributed by atoms with Crippen molar-refractivity contribution in [1.29, 1.82) is 0 Å². The maximum Gasteiger partial charge on any atom is 0.238 e. The Bertz CT molecular complexity index is 712. The first-order chi connectivity index (χ1) is 9.58. The molecule has 118 valence electrons. The fourth-order valence-electron chi connectivity index (χ4n) is 1.66. The molecular formula is C11H17N3O4S3. The molecule has 1 unspecified atom stereocenters. The summed E-state index contributed by atoms with van der Waals surface area (Å²) in [4.78, 5) is -0.127. The van der Waals surface area contributed by atoms with Gasteiger partial charge in [-0.15, -0.1) is 0 Å². The van der Waals surface area contributed by atoms with Crippen LogP contribution in [0.1, 0.15) is 18.9 Å². The van der Waals surface area contributed by atoms with Gasteiger partial charge in [0.05, 0.1) is 9.88 Å². The quantitative estimate of drug-likeness (QED) is 0.584. The molecule has 5 N–H and O–H groups in total. The summed E-state index contributed by atoms with van der Waals surface area (Å²) >= 11 is 4.73. The molecule has 0 bridgehead atoms. The van der Waals surface area contributed by atoms with Gasteiger partial charge < -0.3 is 5.73 Å². The summed E-state index contributed by atoms with van der Waals surface area (Å²) in [5, 5.41) is 4.04. The van der Waals surface area contributed by atoms with E-state index in [1.54, 1.807) is 6.92 Å². The Kier molecular flexibility index (Phi) is 5.82. The van der Waals surface area contributed by atoms with E-state index in [-0.39, 0.29) is 22.8 Å². The molecule has 1 aromatic carbocycles. The molecular weight excluding hydrogens is 334 g/mol. The third kappa shape index (κ3) is 5.00. The summed E-state index contributed by atoms with van der Waals surface area (Å²) in [5.74, 6) is 0. The van der Waals surface area contributed by atoms with Crippen LogP contribution < -0.4 is 15.6 Å². The maximum absolute atomic E-state index is 12.0. The van der Waals surface area contributed by atoms with Gasteiger partial charge in [0.25, 0.3) is 0 Å². The summed E-state index contributed by atoms with van der Waals surface area (Å²) in [6.45, 7) is 1.68. The van der Waals surface area contributed by atoms with Crippen LogP contribution in [0.15, 0.2) is 29.2 Å². The minimum absolute atomic E-state index is 0.00630. The molecule has 1 atom stereocenters. The van der Waals surface area contributed by atoms with Gasteiger partial charge in [0, 0.05) is 6.54 Å². The number of nitrogens with two attached hydrogens (primary N) is 2. The van der Waals surface area contributed by atoms with Crippen molar-refractivity contribution in [3.63, 3.8) is 0 Å². The normalized spacial score (nSPS) is 13.8. The molecule has 0 heterocycles. The molecule has 21 heavy (non-hydrogen) atoms. The number of nitrogens with one attached hydrogen (secondary N) is 1. The third-order valence-corrected chi connectivity index (χ3v) is 6.04.